The van der Waals surface area contributed by atoms with Crippen LogP contribution in [0.1, 0.15) is 116 Å². The first kappa shape index (κ1) is 36.6. The van der Waals surface area contributed by atoms with E-state index in [1.54, 1.807) is 0 Å². The van der Waals surface area contributed by atoms with Gasteiger partial charge in [0.25, 0.3) is 0 Å². The number of carbonyl (C=O) groups excluding carboxylic acids is 1. The second kappa shape index (κ2) is 21.6. The van der Waals surface area contributed by atoms with Crippen LogP contribution in [0.2, 0.25) is 0 Å². The summed E-state index contributed by atoms with van der Waals surface area (Å²) in [6, 6.07) is 33.5. The molecular formula is C42H59N2O2P. The SMILES string of the molecule is CCCCCCCCC(CCCCCCCCC(=O)OCCC[PH](c1ccccc1)(c1ccccc1)c1ccccc1)n1ccnc1. The zero-order valence-corrected chi connectivity index (χ0v) is 29.9. The third-order valence-electron chi connectivity index (χ3n) is 9.76. The average Bonchev–Trinajstić information content (AvgIpc) is 3.66. The molecule has 4 rings (SSSR count). The number of esters is 1. The molecular weight excluding hydrogens is 595 g/mol. The van der Waals surface area contributed by atoms with Gasteiger partial charge in [-0.05, 0) is 12.8 Å². The van der Waals surface area contributed by atoms with Gasteiger partial charge in [-0.15, -0.1) is 0 Å². The molecule has 1 atom stereocenters. The van der Waals surface area contributed by atoms with E-state index in [1.807, 2.05) is 12.5 Å². The molecule has 3 aromatic carbocycles. The zero-order valence-electron chi connectivity index (χ0n) is 28.9. The minimum atomic E-state index is -2.28. The molecule has 47 heavy (non-hydrogen) atoms. The van der Waals surface area contributed by atoms with Gasteiger partial charge in [-0.25, -0.2) is 4.98 Å². The topological polar surface area (TPSA) is 44.1 Å². The molecule has 0 amide bonds. The molecule has 0 N–H and O–H groups in total. The second-order valence-corrected chi connectivity index (χ2v) is 17.3. The van der Waals surface area contributed by atoms with Gasteiger partial charge in [0.1, 0.15) is 0 Å². The van der Waals surface area contributed by atoms with Crippen LogP contribution < -0.4 is 15.9 Å². The van der Waals surface area contributed by atoms with Crippen molar-refractivity contribution in [3.8, 4) is 0 Å². The van der Waals surface area contributed by atoms with Gasteiger partial charge < -0.3 is 4.57 Å². The van der Waals surface area contributed by atoms with Gasteiger partial charge in [-0.1, -0.05) is 45.4 Å². The van der Waals surface area contributed by atoms with Crippen molar-refractivity contribution in [2.24, 2.45) is 0 Å². The number of benzene rings is 3. The summed E-state index contributed by atoms with van der Waals surface area (Å²) >= 11 is 0. The van der Waals surface area contributed by atoms with Crippen molar-refractivity contribution in [3.63, 3.8) is 0 Å². The molecule has 0 radical (unpaired) electrons. The quantitative estimate of drug-likeness (QED) is 0.0429. The van der Waals surface area contributed by atoms with Crippen molar-refractivity contribution in [1.82, 2.24) is 9.55 Å². The Hall–Kier alpha value is -3.23. The van der Waals surface area contributed by atoms with Crippen molar-refractivity contribution < 1.29 is 9.53 Å². The molecule has 0 aliphatic heterocycles. The van der Waals surface area contributed by atoms with Gasteiger partial charge in [0, 0.05) is 18.4 Å². The third kappa shape index (κ3) is 12.1. The van der Waals surface area contributed by atoms with E-state index in [4.69, 9.17) is 4.74 Å². The van der Waals surface area contributed by atoms with Crippen LogP contribution >= 0.6 is 7.26 Å². The zero-order chi connectivity index (χ0) is 32.8. The fourth-order valence-corrected chi connectivity index (χ4v) is 12.0. The van der Waals surface area contributed by atoms with Gasteiger partial charge >= 0.3 is 194 Å². The Morgan fingerprint density at radius 1 is 0.660 bits per heavy atom. The van der Waals surface area contributed by atoms with E-state index in [-0.39, 0.29) is 5.97 Å². The molecule has 0 saturated heterocycles. The summed E-state index contributed by atoms with van der Waals surface area (Å²) in [5.41, 5.74) is 0. The first-order valence-electron chi connectivity index (χ1n) is 18.5. The Morgan fingerprint density at radius 3 is 1.64 bits per heavy atom. The van der Waals surface area contributed by atoms with Crippen LogP contribution in [0.4, 0.5) is 0 Å². The smallest absolute Gasteiger partial charge is 0.0948 e. The van der Waals surface area contributed by atoms with E-state index in [0.717, 1.165) is 25.4 Å². The largest absolute Gasteiger partial charge is 0.334 e. The van der Waals surface area contributed by atoms with Crippen molar-refractivity contribution in [2.75, 3.05) is 12.8 Å². The van der Waals surface area contributed by atoms with Gasteiger partial charge in [0.15, 0.2) is 0 Å². The van der Waals surface area contributed by atoms with Crippen molar-refractivity contribution in [1.29, 1.82) is 0 Å². The van der Waals surface area contributed by atoms with Crippen LogP contribution in [0.5, 0.6) is 0 Å². The van der Waals surface area contributed by atoms with E-state index in [2.05, 4.69) is 114 Å². The molecule has 0 spiro atoms. The number of unbranched alkanes of at least 4 members (excludes halogenated alkanes) is 10. The number of imidazole rings is 1. The van der Waals surface area contributed by atoms with Gasteiger partial charge in [-0.2, -0.15) is 0 Å². The molecule has 254 valence electrons. The monoisotopic (exact) mass is 654 g/mol. The Kier molecular flexibility index (Phi) is 16.8. The number of aromatic nitrogens is 2. The van der Waals surface area contributed by atoms with Crippen molar-refractivity contribution >= 4 is 29.1 Å². The van der Waals surface area contributed by atoms with E-state index in [0.29, 0.717) is 19.1 Å². The van der Waals surface area contributed by atoms with Crippen LogP contribution in [0.15, 0.2) is 110 Å². The van der Waals surface area contributed by atoms with Crippen LogP contribution in [-0.4, -0.2) is 28.3 Å². The van der Waals surface area contributed by atoms with E-state index < -0.39 is 7.26 Å². The molecule has 1 unspecified atom stereocenters. The van der Waals surface area contributed by atoms with Crippen LogP contribution in [0, 0.1) is 0 Å². The first-order chi connectivity index (χ1) is 23.2. The molecule has 4 aromatic rings. The molecule has 0 fully saturated rings. The number of rotatable bonds is 24. The maximum Gasteiger partial charge on any atom is 0.0948 e. The molecule has 4 nitrogen and oxygen atoms in total. The van der Waals surface area contributed by atoms with E-state index in [1.165, 1.54) is 93.0 Å². The van der Waals surface area contributed by atoms with E-state index >= 15 is 0 Å². The summed E-state index contributed by atoms with van der Waals surface area (Å²) in [5, 5.41) is 4.20. The first-order valence-corrected chi connectivity index (χ1v) is 20.7. The number of hydrogen-bond donors (Lipinski definition) is 0. The van der Waals surface area contributed by atoms with Gasteiger partial charge in [-0.3, -0.25) is 0 Å². The Balaban J connectivity index is 1.14. The van der Waals surface area contributed by atoms with Crippen LogP contribution in [-0.2, 0) is 9.53 Å². The summed E-state index contributed by atoms with van der Waals surface area (Å²) in [7, 11) is -2.28. The van der Waals surface area contributed by atoms with Crippen molar-refractivity contribution in [2.45, 2.75) is 116 Å². The number of nitrogens with zero attached hydrogens (tertiary/aromatic N) is 2. The summed E-state index contributed by atoms with van der Waals surface area (Å²) in [4.78, 5) is 16.9. The molecule has 1 heterocycles. The molecule has 5 heteroatoms. The molecule has 0 aliphatic rings. The summed E-state index contributed by atoms with van der Waals surface area (Å²) in [6.45, 7) is 2.76. The molecule has 0 aliphatic carbocycles. The van der Waals surface area contributed by atoms with E-state index in [9.17, 15) is 4.79 Å². The normalized spacial score (nSPS) is 12.5. The van der Waals surface area contributed by atoms with Gasteiger partial charge in [0.2, 0.25) is 0 Å². The fourth-order valence-electron chi connectivity index (χ4n) is 7.14. The predicted octanol–water partition coefficient (Wildman–Crippen LogP) is 9.96. The molecule has 1 aromatic heterocycles. The second-order valence-electron chi connectivity index (χ2n) is 13.2. The van der Waals surface area contributed by atoms with Crippen LogP contribution in [0.3, 0.4) is 0 Å². The Bertz CT molecular complexity index is 1250. The fraction of sp³-hybridized carbons (Fsp3) is 0.476. The molecule has 0 saturated carbocycles. The predicted molar refractivity (Wildman–Crippen MR) is 203 cm³/mol. The maximum atomic E-state index is 12.6. The summed E-state index contributed by atoms with van der Waals surface area (Å²) < 4.78 is 8.11. The standard InChI is InChI=1S/C42H59N2O2P/c1-2-3-4-5-8-14-24-38(44-34-33-43-37-44)25-15-9-6-7-10-22-32-42(45)46-35-23-36-47(39-26-16-11-17-27-39,40-28-18-12-19-29-40)41-30-20-13-21-31-41/h11-13,16-21,26-31,33-34,37-38,47H,2-10,14-15,22-25,32,35-36H2,1H3. The Labute approximate surface area is 285 Å². The van der Waals surface area contributed by atoms with Crippen LogP contribution in [0.25, 0.3) is 0 Å². The molecule has 0 bridgehead atoms. The third-order valence-corrected chi connectivity index (χ3v) is 14.8. The number of hydrogen-bond acceptors (Lipinski definition) is 3. The average molecular weight is 655 g/mol. The summed E-state index contributed by atoms with van der Waals surface area (Å²) in [5.74, 6) is -0.0470. The Morgan fingerprint density at radius 2 is 1.15 bits per heavy atom. The maximum absolute atomic E-state index is 12.6. The minimum Gasteiger partial charge on any atom is -0.334 e. The minimum absolute atomic E-state index is 0.0470. The summed E-state index contributed by atoms with van der Waals surface area (Å²) in [6.07, 6.45) is 26.0. The van der Waals surface area contributed by atoms with Crippen molar-refractivity contribution in [3.05, 3.63) is 110 Å². The number of ether oxygens (including phenoxy) is 1. The van der Waals surface area contributed by atoms with Gasteiger partial charge in [0.05, 0.1) is 6.33 Å². The number of carbonyl (C=O) groups is 1.